The van der Waals surface area contributed by atoms with Crippen molar-refractivity contribution in [2.24, 2.45) is 5.41 Å². The van der Waals surface area contributed by atoms with Crippen molar-refractivity contribution >= 4 is 0 Å². The van der Waals surface area contributed by atoms with Crippen LogP contribution >= 0.6 is 0 Å². The molecule has 1 aliphatic carbocycles. The lowest BCUT2D eigenvalue weighted by molar-refractivity contribution is 0.259. The van der Waals surface area contributed by atoms with E-state index >= 15 is 0 Å². The summed E-state index contributed by atoms with van der Waals surface area (Å²) in [6.07, 6.45) is 6.80. The molecule has 1 unspecified atom stereocenters. The van der Waals surface area contributed by atoms with Crippen LogP contribution in [-0.4, -0.2) is 6.54 Å². The summed E-state index contributed by atoms with van der Waals surface area (Å²) in [6, 6.07) is 10.4. The first kappa shape index (κ1) is 14.1. The van der Waals surface area contributed by atoms with Gasteiger partial charge in [0.2, 0.25) is 0 Å². The second-order valence-electron chi connectivity index (χ2n) is 5.90. The van der Waals surface area contributed by atoms with Crippen molar-refractivity contribution in [3.05, 3.63) is 35.4 Å². The molecule has 1 aromatic rings. The zero-order valence-electron chi connectivity index (χ0n) is 12.1. The molecule has 0 radical (unpaired) electrons. The molecule has 1 fully saturated rings. The largest absolute Gasteiger partial charge is 0.310 e. The van der Waals surface area contributed by atoms with Crippen LogP contribution in [0.3, 0.4) is 0 Å². The van der Waals surface area contributed by atoms with E-state index in [1.54, 1.807) is 0 Å². The summed E-state index contributed by atoms with van der Waals surface area (Å²) < 4.78 is 0. The number of nitriles is 1. The Kier molecular flexibility index (Phi) is 4.61. The third-order valence-corrected chi connectivity index (χ3v) is 4.74. The number of hydrogen-bond acceptors (Lipinski definition) is 2. The maximum absolute atomic E-state index is 8.81. The average Bonchev–Trinajstić information content (AvgIpc) is 2.94. The van der Waals surface area contributed by atoms with E-state index in [2.05, 4.69) is 37.4 Å². The van der Waals surface area contributed by atoms with Gasteiger partial charge in [0.1, 0.15) is 0 Å². The van der Waals surface area contributed by atoms with Crippen LogP contribution in [0.4, 0.5) is 0 Å². The van der Waals surface area contributed by atoms with Gasteiger partial charge in [-0.2, -0.15) is 5.26 Å². The van der Waals surface area contributed by atoms with Gasteiger partial charge in [0, 0.05) is 12.6 Å². The quantitative estimate of drug-likeness (QED) is 0.858. The lowest BCUT2D eigenvalue weighted by atomic mass is 9.83. The number of rotatable bonds is 5. The molecule has 0 aliphatic heterocycles. The molecule has 2 rings (SSSR count). The van der Waals surface area contributed by atoms with E-state index in [1.165, 1.54) is 37.7 Å². The predicted molar refractivity (Wildman–Crippen MR) is 78.8 cm³/mol. The fourth-order valence-electron chi connectivity index (χ4n) is 3.11. The first-order valence-electron chi connectivity index (χ1n) is 7.42. The SMILES string of the molecule is CCC1(CNC(C)c2ccc(C#N)cc2)CCCC1. The third kappa shape index (κ3) is 3.36. The minimum absolute atomic E-state index is 0.358. The Labute approximate surface area is 116 Å². The molecule has 0 amide bonds. The van der Waals surface area contributed by atoms with Crippen molar-refractivity contribution in [3.63, 3.8) is 0 Å². The van der Waals surface area contributed by atoms with Crippen molar-refractivity contribution in [2.45, 2.75) is 52.0 Å². The highest BCUT2D eigenvalue weighted by molar-refractivity contribution is 5.32. The molecule has 0 aromatic heterocycles. The highest BCUT2D eigenvalue weighted by atomic mass is 14.9. The van der Waals surface area contributed by atoms with Crippen molar-refractivity contribution in [2.75, 3.05) is 6.54 Å². The molecule has 1 aliphatic rings. The Bertz CT molecular complexity index is 435. The van der Waals surface area contributed by atoms with Gasteiger partial charge in [-0.05, 0) is 49.3 Å². The second-order valence-corrected chi connectivity index (χ2v) is 5.90. The summed E-state index contributed by atoms with van der Waals surface area (Å²) in [5.74, 6) is 0. The number of nitrogens with one attached hydrogen (secondary N) is 1. The van der Waals surface area contributed by atoms with Gasteiger partial charge in [-0.1, -0.05) is 31.9 Å². The van der Waals surface area contributed by atoms with Crippen LogP contribution in [0.25, 0.3) is 0 Å². The molecule has 1 atom stereocenters. The zero-order chi connectivity index (χ0) is 13.7. The fourth-order valence-corrected chi connectivity index (χ4v) is 3.11. The Hall–Kier alpha value is -1.33. The van der Waals surface area contributed by atoms with E-state index in [-0.39, 0.29) is 0 Å². The Morgan fingerprint density at radius 3 is 2.42 bits per heavy atom. The van der Waals surface area contributed by atoms with Crippen LogP contribution in [0.2, 0.25) is 0 Å². The van der Waals surface area contributed by atoms with Crippen LogP contribution < -0.4 is 5.32 Å². The molecule has 2 nitrogen and oxygen atoms in total. The van der Waals surface area contributed by atoms with Crippen molar-refractivity contribution in [1.82, 2.24) is 5.32 Å². The average molecular weight is 256 g/mol. The number of hydrogen-bond donors (Lipinski definition) is 1. The number of benzene rings is 1. The van der Waals surface area contributed by atoms with E-state index in [0.717, 1.165) is 12.1 Å². The van der Waals surface area contributed by atoms with Gasteiger partial charge in [-0.25, -0.2) is 0 Å². The maximum atomic E-state index is 8.81. The standard InChI is InChI=1S/C17H24N2/c1-3-17(10-4-5-11-17)13-19-14(2)16-8-6-15(12-18)7-9-16/h6-9,14,19H,3-5,10-11,13H2,1-2H3. The maximum Gasteiger partial charge on any atom is 0.0991 e. The molecular formula is C17H24N2. The zero-order valence-corrected chi connectivity index (χ0v) is 12.1. The topological polar surface area (TPSA) is 35.8 Å². The van der Waals surface area contributed by atoms with E-state index in [4.69, 9.17) is 5.26 Å². The lowest BCUT2D eigenvalue weighted by Gasteiger charge is -2.29. The van der Waals surface area contributed by atoms with Gasteiger partial charge in [0.15, 0.2) is 0 Å². The summed E-state index contributed by atoms with van der Waals surface area (Å²) in [5, 5.41) is 12.5. The van der Waals surface area contributed by atoms with Crippen LogP contribution in [0.5, 0.6) is 0 Å². The van der Waals surface area contributed by atoms with Gasteiger partial charge in [-0.3, -0.25) is 0 Å². The van der Waals surface area contributed by atoms with Crippen molar-refractivity contribution in [1.29, 1.82) is 5.26 Å². The summed E-state index contributed by atoms with van der Waals surface area (Å²) in [7, 11) is 0. The molecule has 2 heteroatoms. The molecule has 1 saturated carbocycles. The number of nitrogens with zero attached hydrogens (tertiary/aromatic N) is 1. The third-order valence-electron chi connectivity index (χ3n) is 4.74. The molecule has 19 heavy (non-hydrogen) atoms. The highest BCUT2D eigenvalue weighted by Gasteiger charge is 2.31. The van der Waals surface area contributed by atoms with E-state index in [0.29, 0.717) is 11.5 Å². The van der Waals surface area contributed by atoms with Crippen LogP contribution in [-0.2, 0) is 0 Å². The monoisotopic (exact) mass is 256 g/mol. The predicted octanol–water partition coefficient (Wildman–Crippen LogP) is 4.18. The molecule has 0 bridgehead atoms. The summed E-state index contributed by atoms with van der Waals surface area (Å²) >= 11 is 0. The van der Waals surface area contributed by atoms with Gasteiger partial charge in [0.05, 0.1) is 11.6 Å². The minimum Gasteiger partial charge on any atom is -0.310 e. The van der Waals surface area contributed by atoms with Crippen molar-refractivity contribution < 1.29 is 0 Å². The van der Waals surface area contributed by atoms with E-state index in [9.17, 15) is 0 Å². The second kappa shape index (κ2) is 6.21. The first-order chi connectivity index (χ1) is 9.19. The van der Waals surface area contributed by atoms with Gasteiger partial charge < -0.3 is 5.32 Å². The molecule has 102 valence electrons. The highest BCUT2D eigenvalue weighted by Crippen LogP contribution is 2.40. The van der Waals surface area contributed by atoms with Crippen LogP contribution in [0.1, 0.15) is 63.1 Å². The summed E-state index contributed by atoms with van der Waals surface area (Å²) in [6.45, 7) is 5.64. The van der Waals surface area contributed by atoms with Crippen LogP contribution in [0, 0.1) is 16.7 Å². The first-order valence-corrected chi connectivity index (χ1v) is 7.42. The lowest BCUT2D eigenvalue weighted by Crippen LogP contribution is -2.33. The van der Waals surface area contributed by atoms with E-state index < -0.39 is 0 Å². The Balaban J connectivity index is 1.93. The van der Waals surface area contributed by atoms with Gasteiger partial charge in [-0.15, -0.1) is 0 Å². The van der Waals surface area contributed by atoms with Gasteiger partial charge >= 0.3 is 0 Å². The van der Waals surface area contributed by atoms with Crippen molar-refractivity contribution in [3.8, 4) is 6.07 Å². The van der Waals surface area contributed by atoms with E-state index in [1.807, 2.05) is 12.1 Å². The van der Waals surface area contributed by atoms with Gasteiger partial charge in [0.25, 0.3) is 0 Å². The molecule has 0 spiro atoms. The summed E-state index contributed by atoms with van der Waals surface area (Å²) in [4.78, 5) is 0. The fraction of sp³-hybridized carbons (Fsp3) is 0.588. The smallest absolute Gasteiger partial charge is 0.0991 e. The molecular weight excluding hydrogens is 232 g/mol. The minimum atomic E-state index is 0.358. The Morgan fingerprint density at radius 1 is 1.26 bits per heavy atom. The normalized spacial score (nSPS) is 19.0. The molecule has 0 saturated heterocycles. The Morgan fingerprint density at radius 2 is 1.89 bits per heavy atom. The van der Waals surface area contributed by atoms with Crippen LogP contribution in [0.15, 0.2) is 24.3 Å². The summed E-state index contributed by atoms with van der Waals surface area (Å²) in [5.41, 5.74) is 2.53. The molecule has 1 N–H and O–H groups in total. The molecule has 1 aromatic carbocycles. The molecule has 0 heterocycles.